The topological polar surface area (TPSA) is 113 Å². The van der Waals surface area contributed by atoms with E-state index in [1.54, 1.807) is 54.5 Å². The second-order valence-corrected chi connectivity index (χ2v) is 12.5. The van der Waals surface area contributed by atoms with Crippen molar-refractivity contribution in [1.82, 2.24) is 9.80 Å². The van der Waals surface area contributed by atoms with Crippen LogP contribution in [0.4, 0.5) is 16.2 Å². The number of ether oxygens (including phenoxy) is 3. The summed E-state index contributed by atoms with van der Waals surface area (Å²) in [6.45, 7) is 8.19. The van der Waals surface area contributed by atoms with Gasteiger partial charge in [0.1, 0.15) is 11.5 Å². The lowest BCUT2D eigenvalue weighted by atomic mass is 10.0. The number of nitrogens with one attached hydrogen (secondary N) is 2. The normalized spacial score (nSPS) is 20.0. The summed E-state index contributed by atoms with van der Waals surface area (Å²) in [5.74, 6) is 0.809. The van der Waals surface area contributed by atoms with Crippen molar-refractivity contribution in [1.29, 1.82) is 0 Å². The Kier molecular flexibility index (Phi) is 13.5. The summed E-state index contributed by atoms with van der Waals surface area (Å²) in [4.78, 5) is 31.2. The van der Waals surface area contributed by atoms with Crippen molar-refractivity contribution in [2.75, 3.05) is 51.1 Å². The third-order valence-electron chi connectivity index (χ3n) is 8.44. The zero-order valence-corrected chi connectivity index (χ0v) is 28.3. The Hall–Kier alpha value is -4.12. The van der Waals surface area contributed by atoms with Gasteiger partial charge in [0.05, 0.1) is 37.5 Å². The molecule has 0 unspecified atom stereocenters. The van der Waals surface area contributed by atoms with E-state index in [2.05, 4.69) is 41.6 Å². The van der Waals surface area contributed by atoms with E-state index in [1.807, 2.05) is 32.0 Å². The Morgan fingerprint density at radius 2 is 1.74 bits per heavy atom. The molecule has 0 saturated heterocycles. The Morgan fingerprint density at radius 1 is 1.04 bits per heavy atom. The molecule has 3 aromatic rings. The molecule has 4 rings (SSSR count). The number of benzene rings is 3. The predicted molar refractivity (Wildman–Crippen MR) is 185 cm³/mol. The summed E-state index contributed by atoms with van der Waals surface area (Å²) in [6.07, 6.45) is 2.34. The Bertz CT molecular complexity index is 1420. The molecule has 47 heavy (non-hydrogen) atoms. The lowest BCUT2D eigenvalue weighted by Crippen LogP contribution is -2.47. The van der Waals surface area contributed by atoms with Gasteiger partial charge in [-0.05, 0) is 88.2 Å². The lowest BCUT2D eigenvalue weighted by molar-refractivity contribution is -0.0177. The first-order chi connectivity index (χ1) is 22.7. The van der Waals surface area contributed by atoms with Crippen molar-refractivity contribution in [3.63, 3.8) is 0 Å². The molecule has 10 heteroatoms. The van der Waals surface area contributed by atoms with E-state index in [-0.39, 0.29) is 30.6 Å². The zero-order chi connectivity index (χ0) is 33.8. The highest BCUT2D eigenvalue weighted by Gasteiger charge is 2.30. The van der Waals surface area contributed by atoms with Crippen molar-refractivity contribution in [3.8, 4) is 11.5 Å². The fraction of sp³-hybridized carbons (Fsp3) is 0.459. The molecule has 4 atom stereocenters. The number of urea groups is 1. The second kappa shape index (κ2) is 17.7. The largest absolute Gasteiger partial charge is 0.497 e. The molecule has 1 aliphatic heterocycles. The quantitative estimate of drug-likeness (QED) is 0.251. The maximum Gasteiger partial charge on any atom is 0.323 e. The minimum atomic E-state index is -0.458. The molecule has 3 N–H and O–H groups in total. The van der Waals surface area contributed by atoms with Gasteiger partial charge in [0.2, 0.25) is 0 Å². The number of aliphatic hydroxyl groups excluding tert-OH is 1. The van der Waals surface area contributed by atoms with Gasteiger partial charge in [-0.25, -0.2) is 4.79 Å². The molecule has 3 amide bonds. The average molecular weight is 647 g/mol. The van der Waals surface area contributed by atoms with Crippen LogP contribution in [0.3, 0.4) is 0 Å². The highest BCUT2D eigenvalue weighted by atomic mass is 16.5. The van der Waals surface area contributed by atoms with Crippen LogP contribution in [0.1, 0.15) is 56.0 Å². The molecule has 0 aliphatic carbocycles. The number of methoxy groups -OCH3 is 1. The molecule has 10 nitrogen and oxygen atoms in total. The fourth-order valence-corrected chi connectivity index (χ4v) is 5.70. The van der Waals surface area contributed by atoms with E-state index in [1.165, 1.54) is 5.56 Å². The number of nitrogens with zero attached hydrogens (tertiary/aromatic N) is 2. The van der Waals surface area contributed by atoms with Crippen molar-refractivity contribution in [2.24, 2.45) is 5.92 Å². The molecule has 254 valence electrons. The van der Waals surface area contributed by atoms with Gasteiger partial charge in [0, 0.05) is 43.5 Å². The van der Waals surface area contributed by atoms with E-state index in [4.69, 9.17) is 14.2 Å². The van der Waals surface area contributed by atoms with Gasteiger partial charge < -0.3 is 34.9 Å². The SMILES string of the molecule is COc1ccc(NC(=O)Nc2ccc3c(c2)C(=O)N([C@H](C)CO)C[C@@H](C)[C@H](CN(C)Cc2ccccc2)OCCCC[C@H](C)O3)cc1. The van der Waals surface area contributed by atoms with Crippen molar-refractivity contribution in [3.05, 3.63) is 83.9 Å². The Morgan fingerprint density at radius 3 is 2.45 bits per heavy atom. The molecule has 3 aromatic carbocycles. The molecule has 0 fully saturated rings. The predicted octanol–water partition coefficient (Wildman–Crippen LogP) is 6.27. The third-order valence-corrected chi connectivity index (χ3v) is 8.44. The van der Waals surface area contributed by atoms with Gasteiger partial charge in [0.25, 0.3) is 5.91 Å². The van der Waals surface area contributed by atoms with E-state index >= 15 is 0 Å². The summed E-state index contributed by atoms with van der Waals surface area (Å²) in [6, 6.07) is 21.5. The van der Waals surface area contributed by atoms with Gasteiger partial charge in [0.15, 0.2) is 0 Å². The maximum absolute atomic E-state index is 14.4. The average Bonchev–Trinajstić information content (AvgIpc) is 3.06. The van der Waals surface area contributed by atoms with Gasteiger partial charge in [-0.3, -0.25) is 9.69 Å². The number of fused-ring (bicyclic) bond motifs is 1. The molecule has 1 aliphatic rings. The second-order valence-electron chi connectivity index (χ2n) is 12.5. The summed E-state index contributed by atoms with van der Waals surface area (Å²) in [7, 11) is 3.67. The van der Waals surface area contributed by atoms with Gasteiger partial charge in [-0.1, -0.05) is 37.3 Å². The smallest absolute Gasteiger partial charge is 0.323 e. The summed E-state index contributed by atoms with van der Waals surface area (Å²) in [5.41, 5.74) is 2.58. The van der Waals surface area contributed by atoms with E-state index < -0.39 is 12.1 Å². The van der Waals surface area contributed by atoms with E-state index in [0.29, 0.717) is 48.1 Å². The van der Waals surface area contributed by atoms with Gasteiger partial charge in [-0.2, -0.15) is 0 Å². The van der Waals surface area contributed by atoms with Crippen molar-refractivity contribution < 1.29 is 28.9 Å². The number of hydrogen-bond donors (Lipinski definition) is 3. The van der Waals surface area contributed by atoms with Crippen LogP contribution in [0.25, 0.3) is 0 Å². The van der Waals surface area contributed by atoms with Gasteiger partial charge in [-0.15, -0.1) is 0 Å². The summed E-state index contributed by atoms with van der Waals surface area (Å²) in [5, 5.41) is 15.9. The van der Waals surface area contributed by atoms with Crippen LogP contribution in [0, 0.1) is 5.92 Å². The third kappa shape index (κ3) is 10.7. The monoisotopic (exact) mass is 646 g/mol. The van der Waals surface area contributed by atoms with Crippen LogP contribution < -0.4 is 20.1 Å². The van der Waals surface area contributed by atoms with Crippen LogP contribution in [-0.4, -0.2) is 85.6 Å². The standard InChI is InChI=1S/C37H50N4O6/c1-26-22-41(27(2)25-42)36(43)33-21-31(39-37(44)38-30-14-17-32(45-5)18-15-30)16-19-34(33)47-28(3)11-9-10-20-46-35(26)24-40(4)23-29-12-7-6-8-13-29/h6-8,12-19,21,26-28,35,42H,9-11,20,22-25H2,1-5H3,(H2,38,39,44)/t26-,27-,28+,35+/m1/s1. The maximum atomic E-state index is 14.4. The first-order valence-corrected chi connectivity index (χ1v) is 16.5. The molecule has 0 spiro atoms. The number of carbonyl (C=O) groups excluding carboxylic acids is 2. The summed E-state index contributed by atoms with van der Waals surface area (Å²) >= 11 is 0. The van der Waals surface area contributed by atoms with Crippen molar-refractivity contribution >= 4 is 23.3 Å². The van der Waals surface area contributed by atoms with E-state index in [0.717, 1.165) is 25.8 Å². The zero-order valence-electron chi connectivity index (χ0n) is 28.3. The molecule has 0 aromatic heterocycles. The number of amides is 3. The number of likely N-dealkylation sites (N-methyl/N-ethyl adjacent to an activating group) is 1. The number of anilines is 2. The highest BCUT2D eigenvalue weighted by molar-refractivity contribution is 6.02. The first-order valence-electron chi connectivity index (χ1n) is 16.5. The molecule has 0 radical (unpaired) electrons. The van der Waals surface area contributed by atoms with Crippen LogP contribution >= 0.6 is 0 Å². The van der Waals surface area contributed by atoms with E-state index in [9.17, 15) is 14.7 Å². The fourth-order valence-electron chi connectivity index (χ4n) is 5.70. The molecular formula is C37H50N4O6. The van der Waals surface area contributed by atoms with Crippen LogP contribution in [0.2, 0.25) is 0 Å². The minimum absolute atomic E-state index is 0.0333. The molecular weight excluding hydrogens is 596 g/mol. The van der Waals surface area contributed by atoms with Gasteiger partial charge >= 0.3 is 6.03 Å². The lowest BCUT2D eigenvalue weighted by Gasteiger charge is -2.36. The minimum Gasteiger partial charge on any atom is -0.497 e. The van der Waals surface area contributed by atoms with Crippen LogP contribution in [0.15, 0.2) is 72.8 Å². The number of hydrogen-bond acceptors (Lipinski definition) is 7. The summed E-state index contributed by atoms with van der Waals surface area (Å²) < 4.78 is 18.0. The molecule has 0 saturated carbocycles. The molecule has 1 heterocycles. The number of aliphatic hydroxyl groups is 1. The first kappa shape index (κ1) is 35.7. The van der Waals surface area contributed by atoms with Crippen LogP contribution in [-0.2, 0) is 11.3 Å². The number of carbonyl (C=O) groups is 2. The Balaban J connectivity index is 1.57. The van der Waals surface area contributed by atoms with Crippen molar-refractivity contribution in [2.45, 2.75) is 64.8 Å². The highest BCUT2D eigenvalue weighted by Crippen LogP contribution is 2.29. The van der Waals surface area contributed by atoms with Crippen LogP contribution in [0.5, 0.6) is 11.5 Å². The Labute approximate surface area is 279 Å². The number of rotatable bonds is 9. The molecule has 0 bridgehead atoms.